The Morgan fingerprint density at radius 2 is 1.88 bits per heavy atom. The molecule has 0 spiro atoms. The number of aromatic nitrogens is 1. The maximum atomic E-state index is 12.6. The fourth-order valence-corrected chi connectivity index (χ4v) is 3.96. The first-order valence-corrected chi connectivity index (χ1v) is 9.35. The van der Waals surface area contributed by atoms with Crippen LogP contribution in [0.5, 0.6) is 11.6 Å². The van der Waals surface area contributed by atoms with Crippen LogP contribution < -0.4 is 4.74 Å². The number of hydrogen-bond donors (Lipinski definition) is 0. The minimum atomic E-state index is -3.51. The highest BCUT2D eigenvalue weighted by atomic mass is 35.5. The van der Waals surface area contributed by atoms with Gasteiger partial charge in [0, 0.05) is 37.3 Å². The molecule has 1 aliphatic rings. The largest absolute Gasteiger partial charge is 0.439 e. The van der Waals surface area contributed by atoms with Gasteiger partial charge in [-0.25, -0.2) is 13.4 Å². The van der Waals surface area contributed by atoms with Crippen molar-refractivity contribution in [2.45, 2.75) is 4.90 Å². The monoisotopic (exact) mass is 367 g/mol. The Morgan fingerprint density at radius 3 is 2.50 bits per heavy atom. The van der Waals surface area contributed by atoms with E-state index in [4.69, 9.17) is 16.3 Å². The second-order valence-electron chi connectivity index (χ2n) is 5.60. The molecule has 0 saturated carbocycles. The highest BCUT2D eigenvalue weighted by Gasteiger charge is 2.27. The molecule has 8 heteroatoms. The van der Waals surface area contributed by atoms with E-state index in [-0.39, 0.29) is 4.90 Å². The minimum Gasteiger partial charge on any atom is -0.439 e. The predicted octanol–water partition coefficient (Wildman–Crippen LogP) is 2.46. The van der Waals surface area contributed by atoms with Gasteiger partial charge in [-0.05, 0) is 31.3 Å². The van der Waals surface area contributed by atoms with E-state index < -0.39 is 10.0 Å². The highest BCUT2D eigenvalue weighted by Crippen LogP contribution is 2.24. The first-order chi connectivity index (χ1) is 11.4. The van der Waals surface area contributed by atoms with Gasteiger partial charge in [0.05, 0.1) is 6.20 Å². The van der Waals surface area contributed by atoms with Gasteiger partial charge in [-0.2, -0.15) is 4.31 Å². The number of nitrogens with zero attached hydrogens (tertiary/aromatic N) is 3. The Labute approximate surface area is 146 Å². The van der Waals surface area contributed by atoms with E-state index in [1.807, 2.05) is 7.05 Å². The van der Waals surface area contributed by atoms with E-state index >= 15 is 0 Å². The van der Waals surface area contributed by atoms with Gasteiger partial charge >= 0.3 is 0 Å². The van der Waals surface area contributed by atoms with E-state index in [0.717, 1.165) is 13.1 Å². The maximum Gasteiger partial charge on any atom is 0.244 e. The van der Waals surface area contributed by atoms with Gasteiger partial charge < -0.3 is 9.64 Å². The summed E-state index contributed by atoms with van der Waals surface area (Å²) < 4.78 is 32.3. The van der Waals surface area contributed by atoms with Crippen LogP contribution in [0.1, 0.15) is 0 Å². The fourth-order valence-electron chi connectivity index (χ4n) is 2.41. The lowest BCUT2D eigenvalue weighted by Crippen LogP contribution is -2.47. The molecular weight excluding hydrogens is 350 g/mol. The number of halogens is 1. The van der Waals surface area contributed by atoms with E-state index in [1.54, 1.807) is 30.3 Å². The summed E-state index contributed by atoms with van der Waals surface area (Å²) in [5.74, 6) is 0.860. The third kappa shape index (κ3) is 3.87. The summed E-state index contributed by atoms with van der Waals surface area (Å²) in [5.41, 5.74) is 0. The van der Waals surface area contributed by atoms with E-state index in [2.05, 4.69) is 9.88 Å². The molecular formula is C16H18ClN3O3S. The molecule has 0 amide bonds. The molecule has 0 atom stereocenters. The summed E-state index contributed by atoms with van der Waals surface area (Å²) in [6, 6.07) is 9.99. The Bertz CT molecular complexity index is 804. The first-order valence-electron chi connectivity index (χ1n) is 7.53. The second kappa shape index (κ2) is 7.06. The summed E-state index contributed by atoms with van der Waals surface area (Å²) in [4.78, 5) is 6.37. The van der Waals surface area contributed by atoms with Crippen molar-refractivity contribution in [1.82, 2.24) is 14.2 Å². The number of hydrogen-bond acceptors (Lipinski definition) is 5. The summed E-state index contributed by atoms with van der Waals surface area (Å²) in [7, 11) is -1.53. The number of pyridine rings is 1. The van der Waals surface area contributed by atoms with Crippen LogP contribution in [-0.2, 0) is 10.0 Å². The molecule has 1 saturated heterocycles. The average molecular weight is 368 g/mol. The second-order valence-corrected chi connectivity index (χ2v) is 7.97. The van der Waals surface area contributed by atoms with Crippen molar-refractivity contribution in [2.24, 2.45) is 0 Å². The molecule has 0 aliphatic carbocycles. The zero-order valence-electron chi connectivity index (χ0n) is 13.2. The zero-order chi connectivity index (χ0) is 17.2. The van der Waals surface area contributed by atoms with Crippen molar-refractivity contribution in [1.29, 1.82) is 0 Å². The van der Waals surface area contributed by atoms with Gasteiger partial charge in [-0.15, -0.1) is 0 Å². The third-order valence-electron chi connectivity index (χ3n) is 3.83. The molecule has 0 unspecified atom stereocenters. The summed E-state index contributed by atoms with van der Waals surface area (Å²) in [5, 5.41) is 0.557. The van der Waals surface area contributed by atoms with E-state index in [0.29, 0.717) is 29.7 Å². The highest BCUT2D eigenvalue weighted by molar-refractivity contribution is 7.89. The molecule has 1 aliphatic heterocycles. The zero-order valence-corrected chi connectivity index (χ0v) is 14.8. The van der Waals surface area contributed by atoms with Gasteiger partial charge in [0.25, 0.3) is 0 Å². The SMILES string of the molecule is CN1CCN(S(=O)(=O)c2ccc(Oc3cccc(Cl)c3)nc2)CC1. The van der Waals surface area contributed by atoms with Gasteiger partial charge in [0.15, 0.2) is 0 Å². The van der Waals surface area contributed by atoms with Crippen LogP contribution in [-0.4, -0.2) is 55.8 Å². The Morgan fingerprint density at radius 1 is 1.12 bits per heavy atom. The lowest BCUT2D eigenvalue weighted by atomic mass is 10.3. The average Bonchev–Trinajstić information content (AvgIpc) is 2.56. The Hall–Kier alpha value is -1.67. The van der Waals surface area contributed by atoms with Gasteiger partial charge in [0.2, 0.25) is 15.9 Å². The number of ether oxygens (including phenoxy) is 1. The van der Waals surface area contributed by atoms with Crippen LogP contribution in [0.15, 0.2) is 47.5 Å². The van der Waals surface area contributed by atoms with Gasteiger partial charge in [-0.3, -0.25) is 0 Å². The molecule has 6 nitrogen and oxygen atoms in total. The molecule has 3 rings (SSSR count). The van der Waals surface area contributed by atoms with Crippen molar-refractivity contribution in [2.75, 3.05) is 33.2 Å². The van der Waals surface area contributed by atoms with Crippen LogP contribution in [0.4, 0.5) is 0 Å². The smallest absolute Gasteiger partial charge is 0.244 e. The summed E-state index contributed by atoms with van der Waals surface area (Å²) >= 11 is 5.90. The molecule has 1 fully saturated rings. The summed E-state index contributed by atoms with van der Waals surface area (Å²) in [6.45, 7) is 2.42. The predicted molar refractivity (Wildman–Crippen MR) is 92.0 cm³/mol. The Balaban J connectivity index is 1.74. The van der Waals surface area contributed by atoms with E-state index in [1.165, 1.54) is 16.6 Å². The Kier molecular flexibility index (Phi) is 5.05. The van der Waals surface area contributed by atoms with Gasteiger partial charge in [-0.1, -0.05) is 17.7 Å². The molecule has 128 valence electrons. The van der Waals surface area contributed by atoms with Crippen molar-refractivity contribution in [3.63, 3.8) is 0 Å². The molecule has 1 aromatic heterocycles. The van der Waals surface area contributed by atoms with Crippen LogP contribution in [0.3, 0.4) is 0 Å². The van der Waals surface area contributed by atoms with Crippen LogP contribution in [0, 0.1) is 0 Å². The van der Waals surface area contributed by atoms with E-state index in [9.17, 15) is 8.42 Å². The first kappa shape index (κ1) is 17.2. The minimum absolute atomic E-state index is 0.172. The lowest BCUT2D eigenvalue weighted by Gasteiger charge is -2.31. The van der Waals surface area contributed by atoms with Crippen molar-refractivity contribution < 1.29 is 13.2 Å². The molecule has 0 radical (unpaired) electrons. The van der Waals surface area contributed by atoms with Crippen LogP contribution in [0.25, 0.3) is 0 Å². The molecule has 1 aromatic carbocycles. The molecule has 0 N–H and O–H groups in total. The van der Waals surface area contributed by atoms with Crippen molar-refractivity contribution in [3.05, 3.63) is 47.6 Å². The molecule has 0 bridgehead atoms. The third-order valence-corrected chi connectivity index (χ3v) is 5.95. The number of benzene rings is 1. The van der Waals surface area contributed by atoms with Crippen LogP contribution >= 0.6 is 11.6 Å². The summed E-state index contributed by atoms with van der Waals surface area (Å²) in [6.07, 6.45) is 1.33. The maximum absolute atomic E-state index is 12.6. The molecule has 2 heterocycles. The van der Waals surface area contributed by atoms with Crippen LogP contribution in [0.2, 0.25) is 5.02 Å². The number of rotatable bonds is 4. The molecule has 24 heavy (non-hydrogen) atoms. The molecule has 2 aromatic rings. The quantitative estimate of drug-likeness (QED) is 0.830. The topological polar surface area (TPSA) is 62.7 Å². The normalized spacial score (nSPS) is 16.9. The lowest BCUT2D eigenvalue weighted by molar-refractivity contribution is 0.222. The van der Waals surface area contributed by atoms with Crippen molar-refractivity contribution >= 4 is 21.6 Å². The number of piperazine rings is 1. The van der Waals surface area contributed by atoms with Gasteiger partial charge in [0.1, 0.15) is 10.6 Å². The number of likely N-dealkylation sites (N-methyl/N-ethyl adjacent to an activating group) is 1. The van der Waals surface area contributed by atoms with Crippen molar-refractivity contribution in [3.8, 4) is 11.6 Å². The fraction of sp³-hybridized carbons (Fsp3) is 0.312. The number of sulfonamides is 1. The standard InChI is InChI=1S/C16H18ClN3O3S/c1-19-7-9-20(10-8-19)24(21,22)15-5-6-16(18-12-15)23-14-4-2-3-13(17)11-14/h2-6,11-12H,7-10H2,1H3.